The van der Waals surface area contributed by atoms with Gasteiger partial charge in [-0.15, -0.1) is 0 Å². The monoisotopic (exact) mass is 170 g/mol. The lowest BCUT2D eigenvalue weighted by atomic mass is 9.83. The molecule has 12 heavy (non-hydrogen) atoms. The summed E-state index contributed by atoms with van der Waals surface area (Å²) in [5.41, 5.74) is -0.437. The lowest BCUT2D eigenvalue weighted by molar-refractivity contribution is 0.00651. The van der Waals surface area contributed by atoms with Crippen LogP contribution in [0.25, 0.3) is 0 Å². The molecule has 1 aliphatic carbocycles. The van der Waals surface area contributed by atoms with Gasteiger partial charge >= 0.3 is 0 Å². The zero-order valence-electron chi connectivity index (χ0n) is 7.75. The van der Waals surface area contributed by atoms with Gasteiger partial charge in [-0.2, -0.15) is 0 Å². The van der Waals surface area contributed by atoms with E-state index in [1.54, 1.807) is 13.4 Å². The third-order valence-corrected chi connectivity index (χ3v) is 2.51. The molecule has 1 aliphatic rings. The molecule has 2 nitrogen and oxygen atoms in total. The second-order valence-electron chi connectivity index (χ2n) is 3.60. The Balaban J connectivity index is 2.31. The fraction of sp³-hybridized carbons (Fsp3) is 0.800. The van der Waals surface area contributed by atoms with Gasteiger partial charge in [0.25, 0.3) is 0 Å². The lowest BCUT2D eigenvalue weighted by Crippen LogP contribution is -2.30. The Hall–Kier alpha value is -0.500. The summed E-state index contributed by atoms with van der Waals surface area (Å²) in [6.07, 6.45) is 9.78. The largest absolute Gasteiger partial charge is 0.505 e. The molecule has 0 amide bonds. The molecule has 0 unspecified atom stereocenters. The van der Waals surface area contributed by atoms with Crippen molar-refractivity contribution in [3.05, 3.63) is 12.3 Å². The molecular formula is C10H18O2. The number of hydrogen-bond donors (Lipinski definition) is 1. The van der Waals surface area contributed by atoms with Crippen LogP contribution >= 0.6 is 0 Å². The average molecular weight is 170 g/mol. The SMILES string of the molecule is COC=CCC1(O)CCCCC1. The van der Waals surface area contributed by atoms with E-state index in [4.69, 9.17) is 4.74 Å². The van der Waals surface area contributed by atoms with Gasteiger partial charge in [0.2, 0.25) is 0 Å². The van der Waals surface area contributed by atoms with Crippen molar-refractivity contribution in [2.24, 2.45) is 0 Å². The quantitative estimate of drug-likeness (QED) is 0.658. The van der Waals surface area contributed by atoms with Crippen molar-refractivity contribution < 1.29 is 9.84 Å². The predicted octanol–water partition coefficient (Wildman–Crippen LogP) is 2.23. The number of hydrogen-bond acceptors (Lipinski definition) is 2. The Bertz CT molecular complexity index is 146. The highest BCUT2D eigenvalue weighted by molar-refractivity contribution is 4.90. The Morgan fingerprint density at radius 2 is 2.00 bits per heavy atom. The lowest BCUT2D eigenvalue weighted by Gasteiger charge is -2.30. The van der Waals surface area contributed by atoms with Gasteiger partial charge in [-0.05, 0) is 25.3 Å². The molecule has 0 aromatic carbocycles. The fourth-order valence-corrected chi connectivity index (χ4v) is 1.78. The fourth-order valence-electron chi connectivity index (χ4n) is 1.78. The minimum Gasteiger partial charge on any atom is -0.505 e. The topological polar surface area (TPSA) is 29.5 Å². The summed E-state index contributed by atoms with van der Waals surface area (Å²) < 4.78 is 4.79. The highest BCUT2D eigenvalue weighted by Crippen LogP contribution is 2.30. The van der Waals surface area contributed by atoms with E-state index in [1.165, 1.54) is 6.42 Å². The van der Waals surface area contributed by atoms with Crippen LogP contribution in [0.2, 0.25) is 0 Å². The van der Waals surface area contributed by atoms with Crippen molar-refractivity contribution in [1.29, 1.82) is 0 Å². The van der Waals surface area contributed by atoms with Gasteiger partial charge in [0.15, 0.2) is 0 Å². The average Bonchev–Trinajstić information content (AvgIpc) is 2.06. The van der Waals surface area contributed by atoms with Crippen molar-refractivity contribution in [2.75, 3.05) is 7.11 Å². The highest BCUT2D eigenvalue weighted by Gasteiger charge is 2.27. The maximum Gasteiger partial charge on any atom is 0.0785 e. The molecule has 0 saturated heterocycles. The van der Waals surface area contributed by atoms with E-state index >= 15 is 0 Å². The van der Waals surface area contributed by atoms with Gasteiger partial charge in [-0.3, -0.25) is 0 Å². The molecule has 1 rings (SSSR count). The first-order valence-corrected chi connectivity index (χ1v) is 4.67. The van der Waals surface area contributed by atoms with Crippen LogP contribution in [0.1, 0.15) is 38.5 Å². The number of methoxy groups -OCH3 is 1. The van der Waals surface area contributed by atoms with Crippen LogP contribution < -0.4 is 0 Å². The number of rotatable bonds is 3. The molecule has 0 spiro atoms. The van der Waals surface area contributed by atoms with Crippen LogP contribution in [0.3, 0.4) is 0 Å². The summed E-state index contributed by atoms with van der Waals surface area (Å²) in [5.74, 6) is 0. The molecule has 1 fully saturated rings. The van der Waals surface area contributed by atoms with E-state index in [2.05, 4.69) is 0 Å². The second-order valence-corrected chi connectivity index (χ2v) is 3.60. The van der Waals surface area contributed by atoms with Crippen LogP contribution in [-0.4, -0.2) is 17.8 Å². The van der Waals surface area contributed by atoms with Crippen molar-refractivity contribution in [3.63, 3.8) is 0 Å². The molecule has 1 N–H and O–H groups in total. The Morgan fingerprint density at radius 3 is 2.58 bits per heavy atom. The molecule has 0 aromatic heterocycles. The molecule has 0 radical (unpaired) electrons. The summed E-state index contributed by atoms with van der Waals surface area (Å²) >= 11 is 0. The van der Waals surface area contributed by atoms with Gasteiger partial charge < -0.3 is 9.84 Å². The number of aliphatic hydroxyl groups is 1. The van der Waals surface area contributed by atoms with Crippen molar-refractivity contribution >= 4 is 0 Å². The standard InChI is InChI=1S/C10H18O2/c1-12-9-5-8-10(11)6-3-2-4-7-10/h5,9,11H,2-4,6-8H2,1H3. The Morgan fingerprint density at radius 1 is 1.33 bits per heavy atom. The van der Waals surface area contributed by atoms with E-state index in [-0.39, 0.29) is 0 Å². The van der Waals surface area contributed by atoms with E-state index in [9.17, 15) is 5.11 Å². The van der Waals surface area contributed by atoms with Gasteiger partial charge in [0.05, 0.1) is 19.0 Å². The normalized spacial score (nSPS) is 22.8. The van der Waals surface area contributed by atoms with Crippen molar-refractivity contribution in [2.45, 2.75) is 44.1 Å². The maximum atomic E-state index is 9.99. The highest BCUT2D eigenvalue weighted by atomic mass is 16.5. The van der Waals surface area contributed by atoms with Gasteiger partial charge in [0, 0.05) is 0 Å². The maximum absolute atomic E-state index is 9.99. The van der Waals surface area contributed by atoms with Crippen molar-refractivity contribution in [3.8, 4) is 0 Å². The van der Waals surface area contributed by atoms with Crippen LogP contribution in [0.15, 0.2) is 12.3 Å². The molecule has 0 bridgehead atoms. The first-order valence-electron chi connectivity index (χ1n) is 4.67. The molecule has 70 valence electrons. The molecular weight excluding hydrogens is 152 g/mol. The van der Waals surface area contributed by atoms with Gasteiger partial charge in [-0.1, -0.05) is 19.3 Å². The second kappa shape index (κ2) is 4.51. The van der Waals surface area contributed by atoms with Crippen LogP contribution in [0, 0.1) is 0 Å². The summed E-state index contributed by atoms with van der Waals surface area (Å²) in [6.45, 7) is 0. The van der Waals surface area contributed by atoms with Crippen LogP contribution in [0.5, 0.6) is 0 Å². The minimum atomic E-state index is -0.437. The van der Waals surface area contributed by atoms with Crippen LogP contribution in [-0.2, 0) is 4.74 Å². The van der Waals surface area contributed by atoms with E-state index in [0.717, 1.165) is 32.1 Å². The first-order chi connectivity index (χ1) is 5.77. The summed E-state index contributed by atoms with van der Waals surface area (Å²) in [5, 5.41) is 9.99. The third-order valence-electron chi connectivity index (χ3n) is 2.51. The number of ether oxygens (including phenoxy) is 1. The predicted molar refractivity (Wildman–Crippen MR) is 48.8 cm³/mol. The smallest absolute Gasteiger partial charge is 0.0785 e. The van der Waals surface area contributed by atoms with E-state index < -0.39 is 5.60 Å². The molecule has 0 aromatic rings. The van der Waals surface area contributed by atoms with Crippen LogP contribution in [0.4, 0.5) is 0 Å². The molecule has 0 heterocycles. The van der Waals surface area contributed by atoms with Crippen molar-refractivity contribution in [1.82, 2.24) is 0 Å². The van der Waals surface area contributed by atoms with Gasteiger partial charge in [-0.25, -0.2) is 0 Å². The minimum absolute atomic E-state index is 0.437. The molecule has 0 aliphatic heterocycles. The summed E-state index contributed by atoms with van der Waals surface area (Å²) in [7, 11) is 1.63. The summed E-state index contributed by atoms with van der Waals surface area (Å²) in [6, 6.07) is 0. The Labute approximate surface area is 74.2 Å². The first kappa shape index (κ1) is 9.59. The molecule has 1 saturated carbocycles. The van der Waals surface area contributed by atoms with Gasteiger partial charge in [0.1, 0.15) is 0 Å². The zero-order valence-corrected chi connectivity index (χ0v) is 7.75. The van der Waals surface area contributed by atoms with E-state index in [1.807, 2.05) is 6.08 Å². The summed E-state index contributed by atoms with van der Waals surface area (Å²) in [4.78, 5) is 0. The zero-order chi connectivity index (χ0) is 8.86. The molecule has 2 heteroatoms. The Kier molecular flexibility index (Phi) is 3.60. The van der Waals surface area contributed by atoms with E-state index in [0.29, 0.717) is 0 Å². The third kappa shape index (κ3) is 2.86. The molecule has 0 atom stereocenters.